The lowest BCUT2D eigenvalue weighted by molar-refractivity contribution is 0.177. The van der Waals surface area contributed by atoms with Crippen LogP contribution in [0, 0.1) is 0 Å². The fourth-order valence-electron chi connectivity index (χ4n) is 3.45. The first kappa shape index (κ1) is 14.5. The smallest absolute Gasteiger partial charge is 0.414 e. The molecule has 0 bridgehead atoms. The van der Waals surface area contributed by atoms with Gasteiger partial charge in [-0.3, -0.25) is 4.90 Å². The van der Waals surface area contributed by atoms with Crippen LogP contribution in [0.5, 0.6) is 0 Å². The van der Waals surface area contributed by atoms with Gasteiger partial charge in [0.15, 0.2) is 0 Å². The van der Waals surface area contributed by atoms with E-state index >= 15 is 0 Å². The van der Waals surface area contributed by atoms with Crippen LogP contribution in [-0.4, -0.2) is 13.2 Å². The van der Waals surface area contributed by atoms with Crippen molar-refractivity contribution in [2.45, 2.75) is 6.04 Å². The Morgan fingerprint density at radius 3 is 1.83 bits per heavy atom. The van der Waals surface area contributed by atoms with Crippen LogP contribution in [0.3, 0.4) is 0 Å². The van der Waals surface area contributed by atoms with E-state index in [0.717, 1.165) is 16.8 Å². The summed E-state index contributed by atoms with van der Waals surface area (Å²) < 4.78 is 5.10. The van der Waals surface area contributed by atoms with Gasteiger partial charge in [0.1, 0.15) is 0 Å². The summed E-state index contributed by atoms with van der Waals surface area (Å²) in [5, 5.41) is 0. The normalized spacial score (nSPS) is 12.4. The Labute approximate surface area is 141 Å². The lowest BCUT2D eigenvalue weighted by Gasteiger charge is -2.29. The number of rotatable bonds is 2. The third-order valence-electron chi connectivity index (χ3n) is 4.46. The van der Waals surface area contributed by atoms with E-state index in [-0.39, 0.29) is 12.1 Å². The molecule has 0 atom stereocenters. The van der Waals surface area contributed by atoms with E-state index in [1.165, 1.54) is 18.2 Å². The largest absolute Gasteiger partial charge is 0.452 e. The van der Waals surface area contributed by atoms with E-state index in [0.29, 0.717) is 0 Å². The Bertz CT molecular complexity index is 844. The minimum Gasteiger partial charge on any atom is -0.452 e. The molecule has 0 saturated carbocycles. The van der Waals surface area contributed by atoms with Gasteiger partial charge in [-0.1, -0.05) is 66.7 Å². The number of anilines is 1. The number of para-hydroxylation sites is 1. The van der Waals surface area contributed by atoms with Gasteiger partial charge < -0.3 is 4.74 Å². The molecule has 1 aliphatic rings. The first-order valence-electron chi connectivity index (χ1n) is 7.91. The molecule has 0 fully saturated rings. The van der Waals surface area contributed by atoms with Gasteiger partial charge in [-0.2, -0.15) is 0 Å². The topological polar surface area (TPSA) is 29.5 Å². The summed E-state index contributed by atoms with van der Waals surface area (Å²) in [6.07, 6.45) is -0.363. The maximum atomic E-state index is 12.6. The molecule has 3 heteroatoms. The highest BCUT2D eigenvalue weighted by Crippen LogP contribution is 2.47. The molecule has 4 rings (SSSR count). The minimum absolute atomic E-state index is 0.188. The lowest BCUT2D eigenvalue weighted by Crippen LogP contribution is -2.34. The van der Waals surface area contributed by atoms with E-state index in [1.807, 2.05) is 54.6 Å². The maximum absolute atomic E-state index is 12.6. The predicted molar refractivity (Wildman–Crippen MR) is 95.0 cm³/mol. The zero-order valence-electron chi connectivity index (χ0n) is 13.3. The molecule has 1 amide bonds. The van der Waals surface area contributed by atoms with Crippen LogP contribution in [0.15, 0.2) is 78.9 Å². The molecular formula is C21H17NO2. The minimum atomic E-state index is -0.363. The van der Waals surface area contributed by atoms with Gasteiger partial charge in [-0.05, 0) is 34.4 Å². The van der Waals surface area contributed by atoms with E-state index < -0.39 is 0 Å². The highest BCUT2D eigenvalue weighted by atomic mass is 16.5. The Morgan fingerprint density at radius 1 is 0.792 bits per heavy atom. The van der Waals surface area contributed by atoms with Gasteiger partial charge in [0.05, 0.1) is 13.2 Å². The van der Waals surface area contributed by atoms with E-state index in [4.69, 9.17) is 4.74 Å². The van der Waals surface area contributed by atoms with Crippen molar-refractivity contribution >= 4 is 11.8 Å². The summed E-state index contributed by atoms with van der Waals surface area (Å²) in [6.45, 7) is 0. The number of carbonyl (C=O) groups excluding carboxylic acids is 1. The standard InChI is InChI=1S/C21H17NO2/c1-24-21(23)22(15-9-3-2-4-10-15)20-18-13-7-5-11-16(18)17-12-6-8-14-19(17)20/h2-14,20H,1H3. The highest BCUT2D eigenvalue weighted by Gasteiger charge is 2.36. The molecule has 1 aliphatic carbocycles. The molecule has 0 spiro atoms. The van der Waals surface area contributed by atoms with Crippen molar-refractivity contribution in [2.75, 3.05) is 12.0 Å². The molecule has 3 aromatic carbocycles. The number of benzene rings is 3. The van der Waals surface area contributed by atoms with Crippen molar-refractivity contribution in [3.63, 3.8) is 0 Å². The second-order valence-corrected chi connectivity index (χ2v) is 5.75. The summed E-state index contributed by atoms with van der Waals surface area (Å²) in [7, 11) is 1.42. The second kappa shape index (κ2) is 5.85. The van der Waals surface area contributed by atoms with Crippen molar-refractivity contribution in [3.8, 4) is 11.1 Å². The van der Waals surface area contributed by atoms with Crippen LogP contribution in [0.2, 0.25) is 0 Å². The van der Waals surface area contributed by atoms with Gasteiger partial charge in [0.25, 0.3) is 0 Å². The van der Waals surface area contributed by atoms with Gasteiger partial charge in [0.2, 0.25) is 0 Å². The quantitative estimate of drug-likeness (QED) is 0.664. The fourth-order valence-corrected chi connectivity index (χ4v) is 3.45. The van der Waals surface area contributed by atoms with E-state index in [9.17, 15) is 4.79 Å². The first-order valence-corrected chi connectivity index (χ1v) is 7.91. The number of methoxy groups -OCH3 is 1. The van der Waals surface area contributed by atoms with Gasteiger partial charge in [-0.15, -0.1) is 0 Å². The highest BCUT2D eigenvalue weighted by molar-refractivity contribution is 5.93. The van der Waals surface area contributed by atoms with Gasteiger partial charge >= 0.3 is 6.09 Å². The van der Waals surface area contributed by atoms with E-state index in [1.54, 1.807) is 4.90 Å². The van der Waals surface area contributed by atoms with Crippen LogP contribution in [0.4, 0.5) is 10.5 Å². The first-order chi connectivity index (χ1) is 11.8. The number of hydrogen-bond acceptors (Lipinski definition) is 2. The molecular weight excluding hydrogens is 298 g/mol. The van der Waals surface area contributed by atoms with Crippen LogP contribution in [-0.2, 0) is 4.74 Å². The Morgan fingerprint density at radius 2 is 1.29 bits per heavy atom. The SMILES string of the molecule is COC(=O)N(c1ccccc1)C1c2ccccc2-c2ccccc21. The van der Waals surface area contributed by atoms with Crippen molar-refractivity contribution < 1.29 is 9.53 Å². The molecule has 0 saturated heterocycles. The van der Waals surface area contributed by atoms with E-state index in [2.05, 4.69) is 24.3 Å². The summed E-state index contributed by atoms with van der Waals surface area (Å²) in [4.78, 5) is 14.3. The second-order valence-electron chi connectivity index (χ2n) is 5.75. The molecule has 118 valence electrons. The third kappa shape index (κ3) is 2.17. The third-order valence-corrected chi connectivity index (χ3v) is 4.46. The molecule has 0 heterocycles. The van der Waals surface area contributed by atoms with Crippen molar-refractivity contribution in [3.05, 3.63) is 90.0 Å². The molecule has 0 unspecified atom stereocenters. The molecule has 3 nitrogen and oxygen atoms in total. The maximum Gasteiger partial charge on any atom is 0.414 e. The molecule has 0 aromatic heterocycles. The van der Waals surface area contributed by atoms with Crippen molar-refractivity contribution in [2.24, 2.45) is 0 Å². The Balaban J connectivity index is 1.94. The average Bonchev–Trinajstić information content (AvgIpc) is 2.98. The number of carbonyl (C=O) groups is 1. The monoisotopic (exact) mass is 315 g/mol. The lowest BCUT2D eigenvalue weighted by atomic mass is 10.0. The number of amides is 1. The van der Waals surface area contributed by atoms with Crippen LogP contribution in [0.1, 0.15) is 17.2 Å². The summed E-state index contributed by atoms with van der Waals surface area (Å²) in [5.41, 5.74) is 5.40. The summed E-state index contributed by atoms with van der Waals surface area (Å²) in [6, 6.07) is 25.9. The zero-order valence-corrected chi connectivity index (χ0v) is 13.3. The summed E-state index contributed by atoms with van der Waals surface area (Å²) >= 11 is 0. The van der Waals surface area contributed by atoms with Crippen molar-refractivity contribution in [1.82, 2.24) is 0 Å². The fraction of sp³-hybridized carbons (Fsp3) is 0.0952. The van der Waals surface area contributed by atoms with Crippen LogP contribution < -0.4 is 4.90 Å². The summed E-state index contributed by atoms with van der Waals surface area (Å²) in [5.74, 6) is 0. The number of fused-ring (bicyclic) bond motifs is 3. The van der Waals surface area contributed by atoms with Gasteiger partial charge in [-0.25, -0.2) is 4.79 Å². The zero-order chi connectivity index (χ0) is 16.5. The predicted octanol–water partition coefficient (Wildman–Crippen LogP) is 5.03. The number of hydrogen-bond donors (Lipinski definition) is 0. The molecule has 0 radical (unpaired) electrons. The van der Waals surface area contributed by atoms with Crippen LogP contribution >= 0.6 is 0 Å². The molecule has 0 aliphatic heterocycles. The molecule has 0 N–H and O–H groups in total. The molecule has 3 aromatic rings. The Hall–Kier alpha value is -3.07. The average molecular weight is 315 g/mol. The number of ether oxygens (including phenoxy) is 1. The Kier molecular flexibility index (Phi) is 3.54. The van der Waals surface area contributed by atoms with Crippen LogP contribution in [0.25, 0.3) is 11.1 Å². The number of nitrogens with zero attached hydrogens (tertiary/aromatic N) is 1. The van der Waals surface area contributed by atoms with Gasteiger partial charge in [0, 0.05) is 5.69 Å². The van der Waals surface area contributed by atoms with Crippen molar-refractivity contribution in [1.29, 1.82) is 0 Å². The molecule has 24 heavy (non-hydrogen) atoms.